The standard InChI is InChI=1S/C12H21N3O3S/c1-8(13-6-5-7-19(4,17)18)11-9(2)14-10(3)15-12(11)16/h8,13H,5-7H2,1-4H3,(H,14,15,16). The number of nitrogens with zero attached hydrogens (tertiary/aromatic N) is 1. The molecule has 0 saturated carbocycles. The van der Waals surface area contributed by atoms with Gasteiger partial charge in [-0.05, 0) is 33.7 Å². The molecule has 1 aromatic heterocycles. The number of aryl methyl sites for hydroxylation is 2. The predicted octanol–water partition coefficient (Wildman–Crippen LogP) is 0.472. The summed E-state index contributed by atoms with van der Waals surface area (Å²) in [5.41, 5.74) is 1.16. The number of H-pyrrole nitrogens is 1. The minimum absolute atomic E-state index is 0.145. The average Bonchev–Trinajstić information content (AvgIpc) is 2.21. The van der Waals surface area contributed by atoms with E-state index in [0.29, 0.717) is 30.0 Å². The normalized spacial score (nSPS) is 13.5. The molecule has 6 nitrogen and oxygen atoms in total. The summed E-state index contributed by atoms with van der Waals surface area (Å²) in [6.07, 6.45) is 1.74. The lowest BCUT2D eigenvalue weighted by Crippen LogP contribution is -2.29. The van der Waals surface area contributed by atoms with Crippen molar-refractivity contribution < 1.29 is 8.42 Å². The SMILES string of the molecule is Cc1nc(C)c(C(C)NCCCS(C)(=O)=O)c(=O)[nH]1. The third kappa shape index (κ3) is 5.12. The Bertz CT molecular complexity index is 593. The van der Waals surface area contributed by atoms with Crippen molar-refractivity contribution in [3.05, 3.63) is 27.4 Å². The first-order valence-electron chi connectivity index (χ1n) is 6.19. The molecular weight excluding hydrogens is 266 g/mol. The summed E-state index contributed by atoms with van der Waals surface area (Å²) in [6, 6.07) is -0.156. The van der Waals surface area contributed by atoms with Crippen LogP contribution in [0.2, 0.25) is 0 Å². The fourth-order valence-electron chi connectivity index (χ4n) is 2.00. The zero-order chi connectivity index (χ0) is 14.6. The number of aromatic nitrogens is 2. The van der Waals surface area contributed by atoms with E-state index in [9.17, 15) is 13.2 Å². The molecule has 0 aliphatic rings. The van der Waals surface area contributed by atoms with Gasteiger partial charge in [-0.25, -0.2) is 13.4 Å². The molecule has 0 bridgehead atoms. The molecule has 0 amide bonds. The summed E-state index contributed by atoms with van der Waals surface area (Å²) in [4.78, 5) is 18.8. The van der Waals surface area contributed by atoms with Gasteiger partial charge < -0.3 is 10.3 Å². The van der Waals surface area contributed by atoms with Gasteiger partial charge in [-0.1, -0.05) is 0 Å². The third-order valence-corrected chi connectivity index (χ3v) is 3.87. The largest absolute Gasteiger partial charge is 0.310 e. The first-order chi connectivity index (χ1) is 8.70. The highest BCUT2D eigenvalue weighted by Gasteiger charge is 2.14. The Morgan fingerprint density at radius 1 is 1.37 bits per heavy atom. The van der Waals surface area contributed by atoms with Crippen molar-refractivity contribution in [3.63, 3.8) is 0 Å². The molecule has 1 unspecified atom stereocenters. The number of sulfone groups is 1. The minimum Gasteiger partial charge on any atom is -0.310 e. The molecule has 1 rings (SSSR count). The van der Waals surface area contributed by atoms with Crippen LogP contribution in [0.25, 0.3) is 0 Å². The molecule has 1 atom stereocenters. The van der Waals surface area contributed by atoms with E-state index in [-0.39, 0.29) is 17.4 Å². The highest BCUT2D eigenvalue weighted by Crippen LogP contribution is 2.10. The maximum atomic E-state index is 11.9. The predicted molar refractivity (Wildman–Crippen MR) is 75.1 cm³/mol. The van der Waals surface area contributed by atoms with Gasteiger partial charge in [0.2, 0.25) is 0 Å². The zero-order valence-electron chi connectivity index (χ0n) is 11.8. The topological polar surface area (TPSA) is 91.9 Å². The third-order valence-electron chi connectivity index (χ3n) is 2.84. The number of hydrogen-bond acceptors (Lipinski definition) is 5. The summed E-state index contributed by atoms with van der Waals surface area (Å²) < 4.78 is 22.0. The fraction of sp³-hybridized carbons (Fsp3) is 0.667. The van der Waals surface area contributed by atoms with Crippen molar-refractivity contribution >= 4 is 9.84 Å². The molecule has 1 heterocycles. The smallest absolute Gasteiger partial charge is 0.255 e. The lowest BCUT2D eigenvalue weighted by atomic mass is 10.1. The van der Waals surface area contributed by atoms with Gasteiger partial charge in [0, 0.05) is 18.0 Å². The van der Waals surface area contributed by atoms with E-state index in [2.05, 4.69) is 15.3 Å². The molecule has 0 aliphatic carbocycles. The molecular formula is C12H21N3O3S. The first kappa shape index (κ1) is 15.8. The van der Waals surface area contributed by atoms with E-state index in [0.717, 1.165) is 0 Å². The van der Waals surface area contributed by atoms with Gasteiger partial charge in [-0.15, -0.1) is 0 Å². The zero-order valence-corrected chi connectivity index (χ0v) is 12.6. The van der Waals surface area contributed by atoms with Gasteiger partial charge in [0.1, 0.15) is 15.7 Å². The average molecular weight is 287 g/mol. The molecule has 2 N–H and O–H groups in total. The Morgan fingerprint density at radius 3 is 2.53 bits per heavy atom. The van der Waals surface area contributed by atoms with Gasteiger partial charge in [0.05, 0.1) is 11.3 Å². The lowest BCUT2D eigenvalue weighted by Gasteiger charge is -2.15. The van der Waals surface area contributed by atoms with Crippen LogP contribution in [0.5, 0.6) is 0 Å². The Kier molecular flexibility index (Phi) is 5.25. The molecule has 0 fully saturated rings. The Hall–Kier alpha value is -1.21. The summed E-state index contributed by atoms with van der Waals surface area (Å²) in [5, 5.41) is 3.15. The quantitative estimate of drug-likeness (QED) is 0.742. The molecule has 7 heteroatoms. The van der Waals surface area contributed by atoms with Crippen LogP contribution in [-0.2, 0) is 9.84 Å². The Labute approximate surface area is 113 Å². The second-order valence-corrected chi connectivity index (χ2v) is 7.07. The number of nitrogens with one attached hydrogen (secondary N) is 2. The van der Waals surface area contributed by atoms with Crippen molar-refractivity contribution in [2.24, 2.45) is 0 Å². The molecule has 19 heavy (non-hydrogen) atoms. The summed E-state index contributed by atoms with van der Waals surface area (Å²) >= 11 is 0. The van der Waals surface area contributed by atoms with Gasteiger partial charge in [-0.3, -0.25) is 4.79 Å². The maximum absolute atomic E-state index is 11.9. The maximum Gasteiger partial charge on any atom is 0.255 e. The highest BCUT2D eigenvalue weighted by atomic mass is 32.2. The number of aromatic amines is 1. The van der Waals surface area contributed by atoms with E-state index in [1.165, 1.54) is 6.26 Å². The van der Waals surface area contributed by atoms with Crippen LogP contribution in [0.1, 0.15) is 36.5 Å². The van der Waals surface area contributed by atoms with E-state index in [1.54, 1.807) is 13.8 Å². The molecule has 0 aromatic carbocycles. The molecule has 0 spiro atoms. The second kappa shape index (κ2) is 6.29. The van der Waals surface area contributed by atoms with Crippen molar-refractivity contribution in [2.45, 2.75) is 33.2 Å². The molecule has 108 valence electrons. The molecule has 0 radical (unpaired) electrons. The van der Waals surface area contributed by atoms with E-state index < -0.39 is 9.84 Å². The fourth-order valence-corrected chi connectivity index (χ4v) is 2.67. The van der Waals surface area contributed by atoms with Gasteiger partial charge >= 0.3 is 0 Å². The van der Waals surface area contributed by atoms with Crippen molar-refractivity contribution in [1.29, 1.82) is 0 Å². The van der Waals surface area contributed by atoms with Gasteiger partial charge in [0.15, 0.2) is 0 Å². The summed E-state index contributed by atoms with van der Waals surface area (Å²) in [5.74, 6) is 0.740. The van der Waals surface area contributed by atoms with Gasteiger partial charge in [-0.2, -0.15) is 0 Å². The molecule has 1 aromatic rings. The summed E-state index contributed by atoms with van der Waals surface area (Å²) in [6.45, 7) is 5.95. The van der Waals surface area contributed by atoms with Crippen LogP contribution < -0.4 is 10.9 Å². The van der Waals surface area contributed by atoms with Crippen LogP contribution in [0.15, 0.2) is 4.79 Å². The van der Waals surface area contributed by atoms with Crippen molar-refractivity contribution in [3.8, 4) is 0 Å². The Morgan fingerprint density at radius 2 is 2.00 bits per heavy atom. The van der Waals surface area contributed by atoms with Crippen molar-refractivity contribution in [2.75, 3.05) is 18.6 Å². The highest BCUT2D eigenvalue weighted by molar-refractivity contribution is 7.90. The summed E-state index contributed by atoms with van der Waals surface area (Å²) in [7, 11) is -2.93. The van der Waals surface area contributed by atoms with Crippen LogP contribution in [0.3, 0.4) is 0 Å². The lowest BCUT2D eigenvalue weighted by molar-refractivity contribution is 0.553. The Balaban J connectivity index is 2.64. The molecule has 0 saturated heterocycles. The van der Waals surface area contributed by atoms with E-state index in [1.807, 2.05) is 6.92 Å². The first-order valence-corrected chi connectivity index (χ1v) is 8.25. The monoisotopic (exact) mass is 287 g/mol. The number of rotatable bonds is 6. The van der Waals surface area contributed by atoms with Crippen molar-refractivity contribution in [1.82, 2.24) is 15.3 Å². The van der Waals surface area contributed by atoms with Crippen LogP contribution in [-0.4, -0.2) is 36.9 Å². The minimum atomic E-state index is -2.93. The van der Waals surface area contributed by atoms with Crippen LogP contribution in [0.4, 0.5) is 0 Å². The van der Waals surface area contributed by atoms with E-state index >= 15 is 0 Å². The number of hydrogen-bond donors (Lipinski definition) is 2. The van der Waals surface area contributed by atoms with Gasteiger partial charge in [0.25, 0.3) is 5.56 Å². The van der Waals surface area contributed by atoms with Crippen LogP contribution in [0, 0.1) is 13.8 Å². The van der Waals surface area contributed by atoms with E-state index in [4.69, 9.17) is 0 Å². The second-order valence-electron chi connectivity index (χ2n) is 4.81. The molecule has 0 aliphatic heterocycles. The van der Waals surface area contributed by atoms with Crippen LogP contribution >= 0.6 is 0 Å².